The summed E-state index contributed by atoms with van der Waals surface area (Å²) >= 11 is 0. The van der Waals surface area contributed by atoms with Crippen LogP contribution in [-0.4, -0.2) is 11.6 Å². The van der Waals surface area contributed by atoms with Gasteiger partial charge in [0.15, 0.2) is 0 Å². The summed E-state index contributed by atoms with van der Waals surface area (Å²) in [4.78, 5) is 10.8. The SMILES string of the molecule is CC(=O)Nc1ccc(F)c(NN=C(C#N)C#N)c1. The van der Waals surface area contributed by atoms with Crippen molar-refractivity contribution in [1.29, 1.82) is 10.5 Å². The van der Waals surface area contributed by atoms with E-state index in [9.17, 15) is 9.18 Å². The molecule has 0 heterocycles. The van der Waals surface area contributed by atoms with Crippen LogP contribution >= 0.6 is 0 Å². The number of amides is 1. The molecule has 1 aromatic carbocycles. The Balaban J connectivity index is 2.96. The van der Waals surface area contributed by atoms with Gasteiger partial charge < -0.3 is 5.32 Å². The van der Waals surface area contributed by atoms with Crippen LogP contribution in [0.25, 0.3) is 0 Å². The molecule has 1 aromatic rings. The standard InChI is InChI=1S/C11H8FN5O/c1-7(18)15-8-2-3-10(12)11(4-8)17-16-9(5-13)6-14/h2-4,17H,1H3,(H,15,18). The fraction of sp³-hybridized carbons (Fsp3) is 0.0909. The predicted octanol–water partition coefficient (Wildman–Crippen LogP) is 1.60. The van der Waals surface area contributed by atoms with E-state index in [1.807, 2.05) is 0 Å². The molecule has 0 atom stereocenters. The van der Waals surface area contributed by atoms with Gasteiger partial charge in [0.25, 0.3) is 0 Å². The lowest BCUT2D eigenvalue weighted by Gasteiger charge is -2.06. The van der Waals surface area contributed by atoms with Gasteiger partial charge in [-0.05, 0) is 18.2 Å². The normalized spacial score (nSPS) is 8.67. The van der Waals surface area contributed by atoms with Crippen LogP contribution in [0.1, 0.15) is 6.92 Å². The van der Waals surface area contributed by atoms with Crippen molar-refractivity contribution in [3.05, 3.63) is 24.0 Å². The van der Waals surface area contributed by atoms with Crippen molar-refractivity contribution in [2.45, 2.75) is 6.92 Å². The molecule has 1 amide bonds. The number of nitriles is 2. The molecule has 90 valence electrons. The first kappa shape index (κ1) is 13.1. The first-order valence-corrected chi connectivity index (χ1v) is 4.78. The molecule has 0 unspecified atom stereocenters. The monoisotopic (exact) mass is 245 g/mol. The zero-order valence-corrected chi connectivity index (χ0v) is 9.36. The van der Waals surface area contributed by atoms with Crippen molar-refractivity contribution in [3.8, 4) is 12.1 Å². The van der Waals surface area contributed by atoms with Crippen LogP contribution < -0.4 is 10.7 Å². The number of nitrogens with zero attached hydrogens (tertiary/aromatic N) is 3. The summed E-state index contributed by atoms with van der Waals surface area (Å²) in [7, 11) is 0. The van der Waals surface area contributed by atoms with Crippen molar-refractivity contribution < 1.29 is 9.18 Å². The van der Waals surface area contributed by atoms with Gasteiger partial charge in [0.1, 0.15) is 18.0 Å². The molecule has 0 aliphatic heterocycles. The van der Waals surface area contributed by atoms with E-state index in [2.05, 4.69) is 15.8 Å². The second-order valence-electron chi connectivity index (χ2n) is 3.17. The average molecular weight is 245 g/mol. The van der Waals surface area contributed by atoms with Gasteiger partial charge in [0, 0.05) is 12.6 Å². The van der Waals surface area contributed by atoms with E-state index in [1.165, 1.54) is 31.2 Å². The lowest BCUT2D eigenvalue weighted by atomic mass is 10.2. The Labute approximate surface area is 102 Å². The summed E-state index contributed by atoms with van der Waals surface area (Å²) in [5, 5.41) is 22.8. The zero-order valence-electron chi connectivity index (χ0n) is 9.36. The maximum atomic E-state index is 13.4. The van der Waals surface area contributed by atoms with Crippen LogP contribution in [0.15, 0.2) is 23.3 Å². The Morgan fingerprint density at radius 2 is 2.06 bits per heavy atom. The molecule has 0 radical (unpaired) electrons. The molecule has 2 N–H and O–H groups in total. The van der Waals surface area contributed by atoms with Crippen LogP contribution in [0, 0.1) is 28.5 Å². The molecule has 6 nitrogen and oxygen atoms in total. The third kappa shape index (κ3) is 3.58. The fourth-order valence-electron chi connectivity index (χ4n) is 1.08. The first-order chi connectivity index (χ1) is 8.56. The molecule has 18 heavy (non-hydrogen) atoms. The van der Waals surface area contributed by atoms with Crippen molar-refractivity contribution in [2.24, 2.45) is 5.10 Å². The summed E-state index contributed by atoms with van der Waals surface area (Å²) in [5.41, 5.74) is 2.13. The Bertz CT molecular complexity index is 566. The Hall–Kier alpha value is -2.93. The Kier molecular flexibility index (Phi) is 4.35. The number of hydrogen-bond donors (Lipinski definition) is 2. The van der Waals surface area contributed by atoms with Gasteiger partial charge in [-0.3, -0.25) is 10.2 Å². The van der Waals surface area contributed by atoms with E-state index in [4.69, 9.17) is 10.5 Å². The molecular formula is C11H8FN5O. The predicted molar refractivity (Wildman–Crippen MR) is 63.0 cm³/mol. The number of nitrogens with one attached hydrogen (secondary N) is 2. The van der Waals surface area contributed by atoms with Crippen LogP contribution in [0.5, 0.6) is 0 Å². The lowest BCUT2D eigenvalue weighted by molar-refractivity contribution is -0.114. The molecule has 0 aliphatic carbocycles. The van der Waals surface area contributed by atoms with Crippen molar-refractivity contribution in [1.82, 2.24) is 0 Å². The second kappa shape index (κ2) is 5.97. The van der Waals surface area contributed by atoms with E-state index in [1.54, 1.807) is 0 Å². The largest absolute Gasteiger partial charge is 0.326 e. The minimum atomic E-state index is -0.622. The molecule has 0 aliphatic rings. The minimum Gasteiger partial charge on any atom is -0.326 e. The highest BCUT2D eigenvalue weighted by Gasteiger charge is 2.04. The van der Waals surface area contributed by atoms with E-state index in [0.717, 1.165) is 6.07 Å². The minimum absolute atomic E-state index is 0.0516. The van der Waals surface area contributed by atoms with Gasteiger partial charge in [-0.15, -0.1) is 0 Å². The molecule has 0 spiro atoms. The summed E-state index contributed by atoms with van der Waals surface area (Å²) in [5.74, 6) is -0.922. The summed E-state index contributed by atoms with van der Waals surface area (Å²) in [6.45, 7) is 1.32. The number of carbonyl (C=O) groups is 1. The number of benzene rings is 1. The Morgan fingerprint density at radius 1 is 1.39 bits per heavy atom. The lowest BCUT2D eigenvalue weighted by Crippen LogP contribution is -2.06. The number of halogens is 1. The van der Waals surface area contributed by atoms with Gasteiger partial charge in [-0.2, -0.15) is 15.6 Å². The summed E-state index contributed by atoms with van der Waals surface area (Å²) < 4.78 is 13.4. The van der Waals surface area contributed by atoms with Gasteiger partial charge in [-0.1, -0.05) is 0 Å². The van der Waals surface area contributed by atoms with Crippen molar-refractivity contribution in [3.63, 3.8) is 0 Å². The number of hydrazone groups is 1. The summed E-state index contributed by atoms with van der Waals surface area (Å²) in [6, 6.07) is 6.85. The van der Waals surface area contributed by atoms with E-state index >= 15 is 0 Å². The van der Waals surface area contributed by atoms with Gasteiger partial charge in [0.05, 0.1) is 5.69 Å². The molecule has 0 bridgehead atoms. The average Bonchev–Trinajstić information content (AvgIpc) is 2.33. The maximum Gasteiger partial charge on any atom is 0.237 e. The quantitative estimate of drug-likeness (QED) is 0.623. The van der Waals surface area contributed by atoms with Crippen LogP contribution in [0.4, 0.5) is 15.8 Å². The topological polar surface area (TPSA) is 101 Å². The highest BCUT2D eigenvalue weighted by molar-refractivity contribution is 6.10. The van der Waals surface area contributed by atoms with Crippen LogP contribution in [0.3, 0.4) is 0 Å². The van der Waals surface area contributed by atoms with E-state index in [-0.39, 0.29) is 11.6 Å². The maximum absolute atomic E-state index is 13.4. The van der Waals surface area contributed by atoms with Gasteiger partial charge in [0.2, 0.25) is 11.6 Å². The van der Waals surface area contributed by atoms with Crippen LogP contribution in [0.2, 0.25) is 0 Å². The van der Waals surface area contributed by atoms with Gasteiger partial charge >= 0.3 is 0 Å². The molecular weight excluding hydrogens is 237 g/mol. The van der Waals surface area contributed by atoms with Crippen LogP contribution in [-0.2, 0) is 4.79 Å². The molecule has 0 saturated heterocycles. The van der Waals surface area contributed by atoms with E-state index < -0.39 is 11.5 Å². The van der Waals surface area contributed by atoms with Gasteiger partial charge in [-0.25, -0.2) is 4.39 Å². The van der Waals surface area contributed by atoms with Crippen molar-refractivity contribution >= 4 is 23.0 Å². The molecule has 0 aromatic heterocycles. The Morgan fingerprint density at radius 3 is 2.61 bits per heavy atom. The number of carbonyl (C=O) groups excluding carboxylic acids is 1. The molecule has 7 heteroatoms. The zero-order chi connectivity index (χ0) is 13.5. The smallest absolute Gasteiger partial charge is 0.237 e. The third-order valence-corrected chi connectivity index (χ3v) is 1.79. The number of rotatable bonds is 3. The highest BCUT2D eigenvalue weighted by Crippen LogP contribution is 2.19. The first-order valence-electron chi connectivity index (χ1n) is 4.78. The molecule has 0 saturated carbocycles. The number of anilines is 2. The second-order valence-corrected chi connectivity index (χ2v) is 3.17. The molecule has 1 rings (SSSR count). The van der Waals surface area contributed by atoms with Crippen molar-refractivity contribution in [2.75, 3.05) is 10.7 Å². The highest BCUT2D eigenvalue weighted by atomic mass is 19.1. The number of hydrogen-bond acceptors (Lipinski definition) is 5. The third-order valence-electron chi connectivity index (χ3n) is 1.79. The molecule has 0 fully saturated rings. The fourth-order valence-corrected chi connectivity index (χ4v) is 1.08. The summed E-state index contributed by atoms with van der Waals surface area (Å²) in [6.07, 6.45) is 0. The van der Waals surface area contributed by atoms with E-state index in [0.29, 0.717) is 5.69 Å².